The summed E-state index contributed by atoms with van der Waals surface area (Å²) in [7, 11) is 0. The topological polar surface area (TPSA) is 66.9 Å². The normalized spacial score (nSPS) is 19.7. The third-order valence-electron chi connectivity index (χ3n) is 3.21. The van der Waals surface area contributed by atoms with Crippen molar-refractivity contribution in [2.75, 3.05) is 24.6 Å². The van der Waals surface area contributed by atoms with E-state index in [1.807, 2.05) is 26.1 Å². The molecule has 0 amide bonds. The van der Waals surface area contributed by atoms with Crippen LogP contribution in [-0.2, 0) is 4.74 Å². The lowest BCUT2D eigenvalue weighted by Gasteiger charge is -2.33. The molecule has 1 unspecified atom stereocenters. The van der Waals surface area contributed by atoms with Crippen LogP contribution in [0, 0.1) is 13.8 Å². The predicted octanol–water partition coefficient (Wildman–Crippen LogP) is 1.39. The van der Waals surface area contributed by atoms with Crippen molar-refractivity contribution in [2.24, 2.45) is 0 Å². The molecule has 3 rings (SSSR count). The molecule has 2 aromatic heterocycles. The average molecular weight is 259 g/mol. The first-order valence-corrected chi connectivity index (χ1v) is 6.40. The number of anilines is 1. The number of H-pyrrole nitrogens is 1. The summed E-state index contributed by atoms with van der Waals surface area (Å²) in [6.07, 6.45) is 1.76. The number of rotatable bonds is 2. The van der Waals surface area contributed by atoms with E-state index in [2.05, 4.69) is 31.1 Å². The van der Waals surface area contributed by atoms with Crippen LogP contribution in [0.2, 0.25) is 0 Å². The van der Waals surface area contributed by atoms with Crippen LogP contribution in [-0.4, -0.2) is 39.9 Å². The van der Waals surface area contributed by atoms with Crippen molar-refractivity contribution in [1.29, 1.82) is 0 Å². The van der Waals surface area contributed by atoms with Gasteiger partial charge in [-0.2, -0.15) is 5.10 Å². The Bertz CT molecular complexity index is 568. The molecule has 2 aromatic rings. The van der Waals surface area contributed by atoms with Crippen LogP contribution in [0.3, 0.4) is 0 Å². The fraction of sp³-hybridized carbons (Fsp3) is 0.462. The number of aromatic nitrogens is 4. The zero-order valence-electron chi connectivity index (χ0n) is 11.1. The predicted molar refractivity (Wildman–Crippen MR) is 71.0 cm³/mol. The van der Waals surface area contributed by atoms with Gasteiger partial charge in [-0.05, 0) is 26.0 Å². The van der Waals surface area contributed by atoms with Crippen LogP contribution in [0.1, 0.15) is 23.4 Å². The Hall–Kier alpha value is -1.95. The van der Waals surface area contributed by atoms with Crippen molar-refractivity contribution < 1.29 is 4.74 Å². The summed E-state index contributed by atoms with van der Waals surface area (Å²) in [5, 5.41) is 7.05. The lowest BCUT2D eigenvalue weighted by Crippen LogP contribution is -2.38. The van der Waals surface area contributed by atoms with Crippen LogP contribution >= 0.6 is 0 Å². The van der Waals surface area contributed by atoms with Crippen molar-refractivity contribution in [3.05, 3.63) is 35.7 Å². The Balaban J connectivity index is 1.78. The maximum atomic E-state index is 5.76. The van der Waals surface area contributed by atoms with E-state index in [-0.39, 0.29) is 6.10 Å². The van der Waals surface area contributed by atoms with Crippen molar-refractivity contribution in [3.8, 4) is 0 Å². The molecule has 100 valence electrons. The van der Waals surface area contributed by atoms with E-state index in [1.54, 1.807) is 0 Å². The van der Waals surface area contributed by atoms with Gasteiger partial charge in [0.25, 0.3) is 0 Å². The van der Waals surface area contributed by atoms with Crippen LogP contribution in [0.25, 0.3) is 0 Å². The van der Waals surface area contributed by atoms with Crippen molar-refractivity contribution in [2.45, 2.75) is 20.0 Å². The zero-order valence-corrected chi connectivity index (χ0v) is 11.1. The standard InChI is InChI=1S/C13H17N5O/c1-9-7-11(3-4-14-9)18-5-6-19-12(8-18)13-15-10(2)16-17-13/h3-4,7,12H,5-6,8H2,1-2H3,(H,15,16,17). The molecule has 0 spiro atoms. The summed E-state index contributed by atoms with van der Waals surface area (Å²) >= 11 is 0. The third kappa shape index (κ3) is 2.58. The van der Waals surface area contributed by atoms with Crippen LogP contribution in [0.5, 0.6) is 0 Å². The summed E-state index contributed by atoms with van der Waals surface area (Å²) in [5.41, 5.74) is 2.20. The van der Waals surface area contributed by atoms with Crippen molar-refractivity contribution in [1.82, 2.24) is 20.2 Å². The molecule has 6 heteroatoms. The lowest BCUT2D eigenvalue weighted by molar-refractivity contribution is 0.0342. The number of pyridine rings is 1. The molecule has 1 saturated heterocycles. The monoisotopic (exact) mass is 259 g/mol. The number of ether oxygens (including phenoxy) is 1. The first-order chi connectivity index (χ1) is 9.22. The minimum absolute atomic E-state index is 0.0767. The number of hydrogen-bond donors (Lipinski definition) is 1. The van der Waals surface area contributed by atoms with Gasteiger partial charge in [-0.25, -0.2) is 4.98 Å². The van der Waals surface area contributed by atoms with Crippen LogP contribution in [0.4, 0.5) is 5.69 Å². The van der Waals surface area contributed by atoms with E-state index in [1.165, 1.54) is 5.69 Å². The zero-order chi connectivity index (χ0) is 13.2. The Kier molecular flexibility index (Phi) is 3.16. The highest BCUT2D eigenvalue weighted by molar-refractivity contribution is 5.47. The van der Waals surface area contributed by atoms with Gasteiger partial charge in [-0.1, -0.05) is 0 Å². The maximum Gasteiger partial charge on any atom is 0.181 e. The smallest absolute Gasteiger partial charge is 0.181 e. The molecular formula is C13H17N5O. The van der Waals surface area contributed by atoms with E-state index in [9.17, 15) is 0 Å². The highest BCUT2D eigenvalue weighted by atomic mass is 16.5. The molecule has 1 N–H and O–H groups in total. The SMILES string of the molecule is Cc1cc(N2CCOC(c3n[nH]c(C)n3)C2)ccn1. The van der Waals surface area contributed by atoms with Gasteiger partial charge in [0.2, 0.25) is 0 Å². The number of aryl methyl sites for hydroxylation is 2. The van der Waals surface area contributed by atoms with E-state index in [4.69, 9.17) is 4.74 Å². The molecule has 6 nitrogen and oxygen atoms in total. The largest absolute Gasteiger partial charge is 0.366 e. The number of nitrogens with zero attached hydrogens (tertiary/aromatic N) is 4. The van der Waals surface area contributed by atoms with Gasteiger partial charge >= 0.3 is 0 Å². The minimum Gasteiger partial charge on any atom is -0.366 e. The van der Waals surface area contributed by atoms with Gasteiger partial charge in [0, 0.05) is 24.1 Å². The summed E-state index contributed by atoms with van der Waals surface area (Å²) in [4.78, 5) is 10.9. The lowest BCUT2D eigenvalue weighted by atomic mass is 10.2. The first-order valence-electron chi connectivity index (χ1n) is 6.40. The Morgan fingerprint density at radius 1 is 1.42 bits per heavy atom. The first kappa shape index (κ1) is 12.1. The highest BCUT2D eigenvalue weighted by Gasteiger charge is 2.25. The van der Waals surface area contributed by atoms with Crippen molar-refractivity contribution in [3.63, 3.8) is 0 Å². The third-order valence-corrected chi connectivity index (χ3v) is 3.21. The summed E-state index contributed by atoms with van der Waals surface area (Å²) in [6.45, 7) is 6.22. The molecule has 1 aliphatic rings. The molecule has 0 saturated carbocycles. The van der Waals surface area contributed by atoms with Crippen LogP contribution < -0.4 is 4.90 Å². The fourth-order valence-corrected chi connectivity index (χ4v) is 2.27. The minimum atomic E-state index is -0.0767. The summed E-state index contributed by atoms with van der Waals surface area (Å²) < 4.78 is 5.76. The van der Waals surface area contributed by atoms with E-state index < -0.39 is 0 Å². The van der Waals surface area contributed by atoms with Gasteiger partial charge in [-0.15, -0.1) is 0 Å². The molecular weight excluding hydrogens is 242 g/mol. The van der Waals surface area contributed by atoms with Gasteiger partial charge in [0.15, 0.2) is 5.82 Å². The highest BCUT2D eigenvalue weighted by Crippen LogP contribution is 2.24. The number of morpholine rings is 1. The second kappa shape index (κ2) is 4.97. The van der Waals surface area contributed by atoms with Crippen molar-refractivity contribution >= 4 is 5.69 Å². The van der Waals surface area contributed by atoms with Gasteiger partial charge in [-0.3, -0.25) is 10.1 Å². The quantitative estimate of drug-likeness (QED) is 0.883. The van der Waals surface area contributed by atoms with Gasteiger partial charge < -0.3 is 9.64 Å². The van der Waals surface area contributed by atoms with Crippen LogP contribution in [0.15, 0.2) is 18.3 Å². The molecule has 0 bridgehead atoms. The van der Waals surface area contributed by atoms with E-state index in [0.29, 0.717) is 6.61 Å². The van der Waals surface area contributed by atoms with E-state index >= 15 is 0 Å². The molecule has 1 fully saturated rings. The molecule has 0 radical (unpaired) electrons. The average Bonchev–Trinajstić information content (AvgIpc) is 2.86. The van der Waals surface area contributed by atoms with Gasteiger partial charge in [0.05, 0.1) is 13.2 Å². The molecule has 0 aliphatic carbocycles. The number of aromatic amines is 1. The molecule has 1 atom stereocenters. The summed E-state index contributed by atoms with van der Waals surface area (Å²) in [5.74, 6) is 1.54. The summed E-state index contributed by atoms with van der Waals surface area (Å²) in [6, 6.07) is 4.12. The molecule has 0 aromatic carbocycles. The van der Waals surface area contributed by atoms with Gasteiger partial charge in [0.1, 0.15) is 11.9 Å². The number of hydrogen-bond acceptors (Lipinski definition) is 5. The maximum absolute atomic E-state index is 5.76. The second-order valence-corrected chi connectivity index (χ2v) is 4.74. The second-order valence-electron chi connectivity index (χ2n) is 4.74. The fourth-order valence-electron chi connectivity index (χ4n) is 2.27. The molecule has 1 aliphatic heterocycles. The molecule has 3 heterocycles. The van der Waals surface area contributed by atoms with E-state index in [0.717, 1.165) is 30.4 Å². The Labute approximate surface area is 111 Å². The Morgan fingerprint density at radius 3 is 3.05 bits per heavy atom. The number of nitrogens with one attached hydrogen (secondary N) is 1. The molecule has 19 heavy (non-hydrogen) atoms. The Morgan fingerprint density at radius 2 is 2.32 bits per heavy atom.